The van der Waals surface area contributed by atoms with Crippen molar-refractivity contribution in [1.29, 1.82) is 5.26 Å². The van der Waals surface area contributed by atoms with Gasteiger partial charge in [0.25, 0.3) is 0 Å². The highest BCUT2D eigenvalue weighted by molar-refractivity contribution is 7.59. The van der Waals surface area contributed by atoms with Crippen LogP contribution in [-0.2, 0) is 31.9 Å². The Morgan fingerprint density at radius 1 is 1.27 bits per heavy atom. The number of fused-ring (bicyclic) bond motifs is 1. The van der Waals surface area contributed by atoms with E-state index in [1.54, 1.807) is 49.0 Å². The third kappa shape index (κ3) is 7.57. The molecule has 13 heteroatoms. The number of carbonyl (C=O) groups is 1. The monoisotopic (exact) mass is 528 g/mol. The van der Waals surface area contributed by atoms with E-state index in [9.17, 15) is 9.36 Å². The molecule has 1 aromatic carbocycles. The smallest absolute Gasteiger partial charge is 0.326 e. The molecule has 198 valence electrons. The number of aromatic nitrogens is 4. The van der Waals surface area contributed by atoms with Crippen LogP contribution < -0.4 is 15.9 Å². The number of nitrogens with two attached hydrogens (primary N) is 1. The van der Waals surface area contributed by atoms with Gasteiger partial charge in [-0.15, -0.1) is 0 Å². The van der Waals surface area contributed by atoms with Gasteiger partial charge in [0.2, 0.25) is 7.44 Å². The van der Waals surface area contributed by atoms with Crippen molar-refractivity contribution in [3.63, 3.8) is 0 Å². The van der Waals surface area contributed by atoms with Crippen molar-refractivity contribution >= 4 is 30.4 Å². The molecule has 3 rings (SSSR count). The van der Waals surface area contributed by atoms with Crippen molar-refractivity contribution in [2.75, 3.05) is 18.7 Å². The summed E-state index contributed by atoms with van der Waals surface area (Å²) >= 11 is 0. The molecule has 0 aliphatic heterocycles. The van der Waals surface area contributed by atoms with Crippen LogP contribution in [0.15, 0.2) is 36.9 Å². The third-order valence-corrected chi connectivity index (χ3v) is 7.56. The lowest BCUT2D eigenvalue weighted by Gasteiger charge is -2.31. The van der Waals surface area contributed by atoms with Gasteiger partial charge in [-0.3, -0.25) is 9.36 Å². The van der Waals surface area contributed by atoms with Gasteiger partial charge < -0.3 is 19.8 Å². The fraction of sp³-hybridized carbons (Fsp3) is 0.458. The Morgan fingerprint density at radius 2 is 2.00 bits per heavy atom. The molecular weight excluding hydrogens is 495 g/mol. The van der Waals surface area contributed by atoms with Crippen LogP contribution in [-0.4, -0.2) is 50.1 Å². The molecule has 12 nitrogen and oxygen atoms in total. The molecule has 3 aromatic rings. The van der Waals surface area contributed by atoms with Crippen molar-refractivity contribution in [2.24, 2.45) is 0 Å². The minimum absolute atomic E-state index is 0.196. The van der Waals surface area contributed by atoms with E-state index in [1.807, 2.05) is 13.8 Å². The number of hydrogen-bond donors (Lipinski definition) is 3. The van der Waals surface area contributed by atoms with Gasteiger partial charge in [0, 0.05) is 6.54 Å². The number of nitrogens with zero attached hydrogens (tertiary/aromatic N) is 5. The zero-order valence-corrected chi connectivity index (χ0v) is 22.4. The molecule has 4 N–H and O–H groups in total. The molecule has 0 aliphatic carbocycles. The Hall–Kier alpha value is -3.36. The van der Waals surface area contributed by atoms with Crippen LogP contribution in [0.5, 0.6) is 0 Å². The predicted molar refractivity (Wildman–Crippen MR) is 139 cm³/mol. The number of imidazole rings is 1. The fourth-order valence-corrected chi connectivity index (χ4v) is 5.63. The number of nitriles is 1. The molecule has 2 atom stereocenters. The SMILES string of the molecule is CCCOC(=O)C(C)(C)NP(=O)(CO[C@@H](C)Cn1cnc2c(N)ncnc21)NCc1ccc(C#N)cc1. The maximum Gasteiger partial charge on any atom is 0.326 e. The molecule has 0 radical (unpaired) electrons. The highest BCUT2D eigenvalue weighted by Crippen LogP contribution is 2.40. The number of esters is 1. The Labute approximate surface area is 216 Å². The molecule has 37 heavy (non-hydrogen) atoms. The maximum atomic E-state index is 14.0. The highest BCUT2D eigenvalue weighted by Gasteiger charge is 2.37. The molecule has 0 fully saturated rings. The van der Waals surface area contributed by atoms with Crippen LogP contribution >= 0.6 is 7.44 Å². The number of nitrogens with one attached hydrogen (secondary N) is 2. The normalized spacial score (nSPS) is 14.1. The van der Waals surface area contributed by atoms with Gasteiger partial charge in [-0.25, -0.2) is 25.1 Å². The van der Waals surface area contributed by atoms with Crippen LogP contribution in [0.2, 0.25) is 0 Å². The first kappa shape index (κ1) is 28.2. The van der Waals surface area contributed by atoms with E-state index in [2.05, 4.69) is 31.2 Å². The standard InChI is InChI=1S/C24H33N8O4P/c1-5-10-35-23(33)24(3,4)31-37(34,30-12-19-8-6-18(11-25)7-9-19)16-36-17(2)13-32-15-29-20-21(26)27-14-28-22(20)32/h6-9,14-15,17H,5,10,12-13,16H2,1-4H3,(H2,26,27,28)(H2,30,31,34)/t17-,37?/m0/s1. The van der Waals surface area contributed by atoms with Crippen molar-refractivity contribution in [2.45, 2.75) is 58.8 Å². The summed E-state index contributed by atoms with van der Waals surface area (Å²) < 4.78 is 27.1. The van der Waals surface area contributed by atoms with Gasteiger partial charge in [-0.2, -0.15) is 5.26 Å². The predicted octanol–water partition coefficient (Wildman–Crippen LogP) is 2.95. The Kier molecular flexibility index (Phi) is 9.34. The molecule has 0 spiro atoms. The first-order valence-corrected chi connectivity index (χ1v) is 13.8. The summed E-state index contributed by atoms with van der Waals surface area (Å²) in [6.45, 7) is 7.85. The Balaban J connectivity index is 1.72. The first-order chi connectivity index (χ1) is 17.6. The number of benzene rings is 1. The molecule has 1 unspecified atom stereocenters. The van der Waals surface area contributed by atoms with E-state index in [1.165, 1.54) is 6.33 Å². The van der Waals surface area contributed by atoms with Crippen molar-refractivity contribution in [3.8, 4) is 6.07 Å². The zero-order valence-electron chi connectivity index (χ0n) is 21.5. The molecule has 2 heterocycles. The molecule has 0 bridgehead atoms. The zero-order chi connectivity index (χ0) is 27.1. The van der Waals surface area contributed by atoms with Crippen molar-refractivity contribution in [3.05, 3.63) is 48.0 Å². The number of anilines is 1. The lowest BCUT2D eigenvalue weighted by Crippen LogP contribution is -2.48. The molecular formula is C24H33N8O4P. The molecule has 2 aromatic heterocycles. The minimum Gasteiger partial charge on any atom is -0.464 e. The third-order valence-electron chi connectivity index (χ3n) is 5.45. The summed E-state index contributed by atoms with van der Waals surface area (Å²) in [7, 11) is -3.47. The van der Waals surface area contributed by atoms with Crippen molar-refractivity contribution < 1.29 is 18.8 Å². The van der Waals surface area contributed by atoms with E-state index in [0.717, 1.165) is 5.56 Å². The van der Waals surface area contributed by atoms with Gasteiger partial charge >= 0.3 is 5.97 Å². The number of hydrogen-bond acceptors (Lipinski definition) is 9. The van der Waals surface area contributed by atoms with E-state index >= 15 is 0 Å². The van der Waals surface area contributed by atoms with E-state index in [-0.39, 0.29) is 31.4 Å². The number of ether oxygens (including phenoxy) is 2. The highest BCUT2D eigenvalue weighted by atomic mass is 31.2. The lowest BCUT2D eigenvalue weighted by molar-refractivity contribution is -0.149. The average Bonchev–Trinajstić information content (AvgIpc) is 3.29. The van der Waals surface area contributed by atoms with Crippen LogP contribution in [0.25, 0.3) is 11.2 Å². The average molecular weight is 529 g/mol. The molecule has 0 aliphatic rings. The number of nitrogen functional groups attached to an aromatic ring is 1. The largest absolute Gasteiger partial charge is 0.464 e. The Morgan fingerprint density at radius 3 is 2.68 bits per heavy atom. The van der Waals surface area contributed by atoms with Crippen molar-refractivity contribution in [1.82, 2.24) is 29.7 Å². The molecule has 0 amide bonds. The molecule has 0 saturated heterocycles. The van der Waals surface area contributed by atoms with Gasteiger partial charge in [0.15, 0.2) is 11.5 Å². The van der Waals surface area contributed by atoms with Crippen LogP contribution in [0, 0.1) is 11.3 Å². The summed E-state index contributed by atoms with van der Waals surface area (Å²) in [6, 6.07) is 8.99. The van der Waals surface area contributed by atoms with E-state index in [0.29, 0.717) is 29.7 Å². The summed E-state index contributed by atoms with van der Waals surface area (Å²) in [4.78, 5) is 25.0. The van der Waals surface area contributed by atoms with E-state index < -0.39 is 19.0 Å². The summed E-state index contributed by atoms with van der Waals surface area (Å²) in [6.07, 6.45) is 3.07. The van der Waals surface area contributed by atoms with Crippen LogP contribution in [0.4, 0.5) is 5.82 Å². The van der Waals surface area contributed by atoms with E-state index in [4.69, 9.17) is 20.5 Å². The summed E-state index contributed by atoms with van der Waals surface area (Å²) in [5, 5.41) is 15.0. The second-order valence-corrected chi connectivity index (χ2v) is 11.5. The lowest BCUT2D eigenvalue weighted by atomic mass is 10.1. The fourth-order valence-electron chi connectivity index (χ4n) is 3.50. The van der Waals surface area contributed by atoms with Gasteiger partial charge in [0.1, 0.15) is 23.7 Å². The van der Waals surface area contributed by atoms with Gasteiger partial charge in [0.05, 0.1) is 37.2 Å². The number of carbonyl (C=O) groups excluding carboxylic acids is 1. The topological polar surface area (TPSA) is 170 Å². The number of rotatable bonds is 13. The summed E-state index contributed by atoms with van der Waals surface area (Å²) in [5.41, 5.74) is 7.05. The first-order valence-electron chi connectivity index (χ1n) is 11.9. The van der Waals surface area contributed by atoms with Crippen LogP contribution in [0.1, 0.15) is 45.2 Å². The van der Waals surface area contributed by atoms with Crippen LogP contribution in [0.3, 0.4) is 0 Å². The summed E-state index contributed by atoms with van der Waals surface area (Å²) in [5.74, 6) is -0.222. The minimum atomic E-state index is -3.47. The second-order valence-electron chi connectivity index (χ2n) is 9.19. The Bertz CT molecular complexity index is 1300. The molecule has 0 saturated carbocycles. The second kappa shape index (κ2) is 12.3. The van der Waals surface area contributed by atoms with Gasteiger partial charge in [-0.1, -0.05) is 19.1 Å². The maximum absolute atomic E-state index is 14.0. The van der Waals surface area contributed by atoms with Gasteiger partial charge in [-0.05, 0) is 44.9 Å². The quantitative estimate of drug-likeness (QED) is 0.220.